The Kier molecular flexibility index (Phi) is 5.39. The Labute approximate surface area is 130 Å². The van der Waals surface area contributed by atoms with Gasteiger partial charge in [0, 0.05) is 36.5 Å². The van der Waals surface area contributed by atoms with Gasteiger partial charge in [-0.15, -0.1) is 11.3 Å². The molecule has 0 saturated heterocycles. The molecule has 2 rings (SSSR count). The fourth-order valence-corrected chi connectivity index (χ4v) is 3.11. The molecule has 0 aliphatic carbocycles. The summed E-state index contributed by atoms with van der Waals surface area (Å²) in [6.45, 7) is 2.09. The predicted molar refractivity (Wildman–Crippen MR) is 89.4 cm³/mol. The normalized spacial score (nSPS) is 12.1. The van der Waals surface area contributed by atoms with Crippen LogP contribution in [0, 0.1) is 0 Å². The fourth-order valence-electron chi connectivity index (χ4n) is 2.28. The standard InChI is InChI=1S/C17H22N2OS/c1-13(12-15-7-5-11-21-15)19(2)17(20)10-9-14-6-3-4-8-16(14)18/h3-8,11,13H,9-10,12,18H2,1-2H3. The van der Waals surface area contributed by atoms with E-state index >= 15 is 0 Å². The van der Waals surface area contributed by atoms with Crippen molar-refractivity contribution < 1.29 is 4.79 Å². The minimum absolute atomic E-state index is 0.169. The number of rotatable bonds is 6. The molecule has 2 aromatic rings. The van der Waals surface area contributed by atoms with Gasteiger partial charge in [0.15, 0.2) is 0 Å². The van der Waals surface area contributed by atoms with Crippen LogP contribution < -0.4 is 5.73 Å². The highest BCUT2D eigenvalue weighted by Gasteiger charge is 2.16. The minimum Gasteiger partial charge on any atom is -0.399 e. The number of carbonyl (C=O) groups excluding carboxylic acids is 1. The van der Waals surface area contributed by atoms with Gasteiger partial charge in [0.05, 0.1) is 0 Å². The lowest BCUT2D eigenvalue weighted by atomic mass is 10.1. The highest BCUT2D eigenvalue weighted by molar-refractivity contribution is 7.09. The van der Waals surface area contributed by atoms with Gasteiger partial charge in [-0.05, 0) is 36.4 Å². The number of anilines is 1. The van der Waals surface area contributed by atoms with Crippen molar-refractivity contribution in [3.05, 3.63) is 52.2 Å². The second kappa shape index (κ2) is 7.27. The molecule has 0 aliphatic rings. The Bertz CT molecular complexity index is 580. The zero-order chi connectivity index (χ0) is 15.2. The largest absolute Gasteiger partial charge is 0.399 e. The van der Waals surface area contributed by atoms with Crippen LogP contribution in [0.4, 0.5) is 5.69 Å². The number of para-hydroxylation sites is 1. The molecule has 1 heterocycles. The number of thiophene rings is 1. The third-order valence-electron chi connectivity index (χ3n) is 3.79. The van der Waals surface area contributed by atoms with Crippen LogP contribution in [0.15, 0.2) is 41.8 Å². The summed E-state index contributed by atoms with van der Waals surface area (Å²) >= 11 is 1.74. The van der Waals surface area contributed by atoms with Crippen LogP contribution in [0.5, 0.6) is 0 Å². The van der Waals surface area contributed by atoms with Crippen molar-refractivity contribution in [2.75, 3.05) is 12.8 Å². The molecule has 3 nitrogen and oxygen atoms in total. The molecule has 2 N–H and O–H groups in total. The van der Waals surface area contributed by atoms with Gasteiger partial charge in [0.25, 0.3) is 0 Å². The number of hydrogen-bond acceptors (Lipinski definition) is 3. The Balaban J connectivity index is 1.86. The van der Waals surface area contributed by atoms with Crippen molar-refractivity contribution in [3.8, 4) is 0 Å². The van der Waals surface area contributed by atoms with E-state index in [9.17, 15) is 4.79 Å². The summed E-state index contributed by atoms with van der Waals surface area (Å²) in [7, 11) is 1.88. The molecule has 0 spiro atoms. The second-order valence-corrected chi connectivity index (χ2v) is 6.37. The molecule has 0 radical (unpaired) electrons. The van der Waals surface area contributed by atoms with Crippen LogP contribution in [0.3, 0.4) is 0 Å². The maximum Gasteiger partial charge on any atom is 0.222 e. The Hall–Kier alpha value is -1.81. The number of nitrogen functional groups attached to an aromatic ring is 1. The first kappa shape index (κ1) is 15.6. The molecule has 0 bridgehead atoms. The number of carbonyl (C=O) groups is 1. The summed E-state index contributed by atoms with van der Waals surface area (Å²) in [6, 6.07) is 12.1. The van der Waals surface area contributed by atoms with Crippen molar-refractivity contribution in [3.63, 3.8) is 0 Å². The molecule has 1 aromatic carbocycles. The lowest BCUT2D eigenvalue weighted by Crippen LogP contribution is -2.36. The van der Waals surface area contributed by atoms with Gasteiger partial charge in [-0.3, -0.25) is 4.79 Å². The molecule has 21 heavy (non-hydrogen) atoms. The van der Waals surface area contributed by atoms with Crippen LogP contribution in [-0.4, -0.2) is 23.9 Å². The van der Waals surface area contributed by atoms with Gasteiger partial charge in [0.2, 0.25) is 5.91 Å². The van der Waals surface area contributed by atoms with E-state index in [0.717, 1.165) is 17.7 Å². The van der Waals surface area contributed by atoms with Crippen LogP contribution in [0.1, 0.15) is 23.8 Å². The monoisotopic (exact) mass is 302 g/mol. The summed E-state index contributed by atoms with van der Waals surface area (Å²) in [6.07, 6.45) is 2.11. The SMILES string of the molecule is CC(Cc1cccs1)N(C)C(=O)CCc1ccccc1N. The smallest absolute Gasteiger partial charge is 0.222 e. The third kappa shape index (κ3) is 4.33. The maximum absolute atomic E-state index is 12.3. The first-order valence-corrected chi connectivity index (χ1v) is 8.07. The average molecular weight is 302 g/mol. The predicted octanol–water partition coefficient (Wildman–Crippen LogP) is 3.35. The van der Waals surface area contributed by atoms with Crippen molar-refractivity contribution in [2.24, 2.45) is 0 Å². The van der Waals surface area contributed by atoms with Crippen molar-refractivity contribution in [1.29, 1.82) is 0 Å². The zero-order valence-electron chi connectivity index (χ0n) is 12.6. The van der Waals surface area contributed by atoms with E-state index < -0.39 is 0 Å². The zero-order valence-corrected chi connectivity index (χ0v) is 13.4. The van der Waals surface area contributed by atoms with E-state index in [-0.39, 0.29) is 11.9 Å². The summed E-state index contributed by atoms with van der Waals surface area (Å²) < 4.78 is 0. The quantitative estimate of drug-likeness (QED) is 0.832. The van der Waals surface area contributed by atoms with Crippen LogP contribution in [0.2, 0.25) is 0 Å². The van der Waals surface area contributed by atoms with Crippen LogP contribution in [-0.2, 0) is 17.6 Å². The number of benzene rings is 1. The molecule has 1 atom stereocenters. The van der Waals surface area contributed by atoms with Gasteiger partial charge >= 0.3 is 0 Å². The van der Waals surface area contributed by atoms with E-state index in [1.165, 1.54) is 4.88 Å². The summed E-state index contributed by atoms with van der Waals surface area (Å²) in [5.74, 6) is 0.169. The average Bonchev–Trinajstić information content (AvgIpc) is 2.98. The van der Waals surface area contributed by atoms with Gasteiger partial charge in [-0.1, -0.05) is 24.3 Å². The molecule has 0 fully saturated rings. The van der Waals surface area contributed by atoms with Crippen LogP contribution >= 0.6 is 11.3 Å². The third-order valence-corrected chi connectivity index (χ3v) is 4.69. The first-order chi connectivity index (χ1) is 10.1. The van der Waals surface area contributed by atoms with E-state index in [4.69, 9.17) is 5.73 Å². The molecule has 112 valence electrons. The lowest BCUT2D eigenvalue weighted by Gasteiger charge is -2.24. The fraction of sp³-hybridized carbons (Fsp3) is 0.353. The lowest BCUT2D eigenvalue weighted by molar-refractivity contribution is -0.131. The molecule has 1 unspecified atom stereocenters. The number of nitrogens with two attached hydrogens (primary N) is 1. The van der Waals surface area contributed by atoms with E-state index in [1.807, 2.05) is 42.3 Å². The summed E-state index contributed by atoms with van der Waals surface area (Å²) in [5, 5.41) is 2.07. The molecule has 1 aromatic heterocycles. The number of likely N-dealkylation sites (N-methyl/N-ethyl adjacent to an activating group) is 1. The van der Waals surface area contributed by atoms with Gasteiger partial charge in [-0.2, -0.15) is 0 Å². The summed E-state index contributed by atoms with van der Waals surface area (Å²) in [5.41, 5.74) is 7.72. The molecule has 1 amide bonds. The number of amides is 1. The molecule has 4 heteroatoms. The van der Waals surface area contributed by atoms with E-state index in [2.05, 4.69) is 18.4 Å². The van der Waals surface area contributed by atoms with Crippen molar-refractivity contribution >= 4 is 22.9 Å². The highest BCUT2D eigenvalue weighted by atomic mass is 32.1. The Morgan fingerprint density at radius 3 is 2.71 bits per heavy atom. The number of hydrogen-bond donors (Lipinski definition) is 1. The molecular weight excluding hydrogens is 280 g/mol. The van der Waals surface area contributed by atoms with E-state index in [0.29, 0.717) is 12.8 Å². The first-order valence-electron chi connectivity index (χ1n) is 7.19. The summed E-state index contributed by atoms with van der Waals surface area (Å²) in [4.78, 5) is 15.4. The highest BCUT2D eigenvalue weighted by Crippen LogP contribution is 2.16. The number of nitrogens with zero attached hydrogens (tertiary/aromatic N) is 1. The Morgan fingerprint density at radius 2 is 2.05 bits per heavy atom. The minimum atomic E-state index is 0.169. The van der Waals surface area contributed by atoms with Gasteiger partial charge in [0.1, 0.15) is 0 Å². The van der Waals surface area contributed by atoms with Gasteiger partial charge in [-0.25, -0.2) is 0 Å². The van der Waals surface area contributed by atoms with Crippen LogP contribution in [0.25, 0.3) is 0 Å². The van der Waals surface area contributed by atoms with Crippen molar-refractivity contribution in [2.45, 2.75) is 32.2 Å². The molecule has 0 saturated carbocycles. The molecule has 0 aliphatic heterocycles. The second-order valence-electron chi connectivity index (χ2n) is 5.34. The van der Waals surface area contributed by atoms with Gasteiger partial charge < -0.3 is 10.6 Å². The van der Waals surface area contributed by atoms with E-state index in [1.54, 1.807) is 11.3 Å². The van der Waals surface area contributed by atoms with Crippen molar-refractivity contribution in [1.82, 2.24) is 4.90 Å². The Morgan fingerprint density at radius 1 is 1.29 bits per heavy atom. The topological polar surface area (TPSA) is 46.3 Å². The number of aryl methyl sites for hydroxylation is 1. The maximum atomic E-state index is 12.3. The molecular formula is C17H22N2OS.